The van der Waals surface area contributed by atoms with E-state index in [9.17, 15) is 4.39 Å². The number of rotatable bonds is 3. The SMILES string of the molecule is Cc1cnc(-c2cc([Si](C)(C)C)c3ccccc3c2)c2sc(-c3ccccc3F)cc12. The van der Waals surface area contributed by atoms with Crippen molar-refractivity contribution in [3.05, 3.63) is 84.3 Å². The van der Waals surface area contributed by atoms with Crippen LogP contribution in [0.15, 0.2) is 72.9 Å². The number of hydrogen-bond donors (Lipinski definition) is 0. The Labute approximate surface area is 187 Å². The predicted octanol–water partition coefficient (Wildman–Crippen LogP) is 7.78. The van der Waals surface area contributed by atoms with Crippen molar-refractivity contribution in [1.29, 1.82) is 0 Å². The van der Waals surface area contributed by atoms with Crippen LogP contribution in [0.1, 0.15) is 5.56 Å². The van der Waals surface area contributed by atoms with E-state index in [4.69, 9.17) is 4.98 Å². The van der Waals surface area contributed by atoms with Gasteiger partial charge in [-0.2, -0.15) is 0 Å². The smallest absolute Gasteiger partial charge is 0.131 e. The maximum Gasteiger partial charge on any atom is 0.131 e. The molecule has 0 atom stereocenters. The summed E-state index contributed by atoms with van der Waals surface area (Å²) in [7, 11) is -1.57. The average Bonchev–Trinajstić information content (AvgIpc) is 3.19. The van der Waals surface area contributed by atoms with Crippen molar-refractivity contribution in [2.24, 2.45) is 0 Å². The highest BCUT2D eigenvalue weighted by Gasteiger charge is 2.22. The Morgan fingerprint density at radius 3 is 2.39 bits per heavy atom. The van der Waals surface area contributed by atoms with Gasteiger partial charge < -0.3 is 0 Å². The van der Waals surface area contributed by atoms with Crippen LogP contribution in [0.2, 0.25) is 19.6 Å². The summed E-state index contributed by atoms with van der Waals surface area (Å²) >= 11 is 1.63. The fourth-order valence-corrected chi connectivity index (χ4v) is 7.11. The Morgan fingerprint density at radius 2 is 1.61 bits per heavy atom. The van der Waals surface area contributed by atoms with Crippen LogP contribution in [0.4, 0.5) is 4.39 Å². The van der Waals surface area contributed by atoms with Crippen LogP contribution in [0.3, 0.4) is 0 Å². The van der Waals surface area contributed by atoms with Crippen LogP contribution in [-0.4, -0.2) is 13.1 Å². The zero-order valence-corrected chi connectivity index (χ0v) is 20.0. The zero-order valence-electron chi connectivity index (χ0n) is 18.2. The third-order valence-electron chi connectivity index (χ3n) is 5.84. The van der Waals surface area contributed by atoms with Crippen molar-refractivity contribution in [3.63, 3.8) is 0 Å². The molecular formula is C27H24FNSSi. The lowest BCUT2D eigenvalue weighted by Gasteiger charge is -2.21. The normalized spacial score (nSPS) is 12.0. The number of aromatic nitrogens is 1. The van der Waals surface area contributed by atoms with Crippen molar-refractivity contribution in [2.45, 2.75) is 26.6 Å². The molecule has 0 aliphatic rings. The summed E-state index contributed by atoms with van der Waals surface area (Å²) in [6.45, 7) is 9.24. The van der Waals surface area contributed by atoms with Gasteiger partial charge in [-0.05, 0) is 46.8 Å². The second-order valence-electron chi connectivity index (χ2n) is 9.12. The van der Waals surface area contributed by atoms with Crippen LogP contribution in [0.5, 0.6) is 0 Å². The molecule has 0 aliphatic carbocycles. The fourth-order valence-electron chi connectivity index (χ4n) is 4.22. The summed E-state index contributed by atoms with van der Waals surface area (Å²) in [5, 5.41) is 5.18. The first-order chi connectivity index (χ1) is 14.8. The molecule has 0 unspecified atom stereocenters. The van der Waals surface area contributed by atoms with Crippen LogP contribution < -0.4 is 5.19 Å². The second-order valence-corrected chi connectivity index (χ2v) is 15.2. The molecule has 0 aliphatic heterocycles. The Balaban J connectivity index is 1.79. The second kappa shape index (κ2) is 7.40. The van der Waals surface area contributed by atoms with Gasteiger partial charge >= 0.3 is 0 Å². The third kappa shape index (κ3) is 3.50. The summed E-state index contributed by atoms with van der Waals surface area (Å²) in [5.74, 6) is -0.187. The van der Waals surface area contributed by atoms with Crippen LogP contribution >= 0.6 is 11.3 Å². The number of hydrogen-bond acceptors (Lipinski definition) is 2. The van der Waals surface area contributed by atoms with E-state index in [0.29, 0.717) is 5.56 Å². The van der Waals surface area contributed by atoms with Crippen molar-refractivity contribution in [1.82, 2.24) is 4.98 Å². The molecule has 31 heavy (non-hydrogen) atoms. The number of fused-ring (bicyclic) bond motifs is 2. The van der Waals surface area contributed by atoms with Crippen LogP contribution in [0, 0.1) is 12.7 Å². The molecule has 0 fully saturated rings. The molecular weight excluding hydrogens is 417 g/mol. The van der Waals surface area contributed by atoms with Gasteiger partial charge in [0.25, 0.3) is 0 Å². The number of aryl methyl sites for hydroxylation is 1. The van der Waals surface area contributed by atoms with Crippen molar-refractivity contribution < 1.29 is 4.39 Å². The number of thiophene rings is 1. The molecule has 0 spiro atoms. The lowest BCUT2D eigenvalue weighted by Crippen LogP contribution is -2.38. The summed E-state index contributed by atoms with van der Waals surface area (Å²) in [6, 6.07) is 22.3. The Hall–Kier alpha value is -2.82. The fraction of sp³-hybridized carbons (Fsp3) is 0.148. The van der Waals surface area contributed by atoms with Gasteiger partial charge in [0.1, 0.15) is 5.82 Å². The Kier molecular flexibility index (Phi) is 4.80. The molecule has 0 bridgehead atoms. The predicted molar refractivity (Wildman–Crippen MR) is 136 cm³/mol. The quantitative estimate of drug-likeness (QED) is 0.261. The highest BCUT2D eigenvalue weighted by Crippen LogP contribution is 2.40. The van der Waals surface area contributed by atoms with Gasteiger partial charge in [0.05, 0.1) is 18.5 Å². The summed E-state index contributed by atoms with van der Waals surface area (Å²) in [5.41, 5.74) is 3.89. The number of nitrogens with zero attached hydrogens (tertiary/aromatic N) is 1. The first kappa shape index (κ1) is 20.1. The molecule has 3 aromatic carbocycles. The molecule has 2 heterocycles. The molecule has 0 saturated heterocycles. The molecule has 0 radical (unpaired) electrons. The molecule has 1 nitrogen and oxygen atoms in total. The van der Waals surface area contributed by atoms with Crippen molar-refractivity contribution in [3.8, 4) is 21.7 Å². The monoisotopic (exact) mass is 441 g/mol. The molecule has 2 aromatic heterocycles. The minimum Gasteiger partial charge on any atom is -0.254 e. The van der Waals surface area contributed by atoms with E-state index in [1.807, 2.05) is 18.3 Å². The van der Waals surface area contributed by atoms with Gasteiger partial charge in [0, 0.05) is 22.2 Å². The van der Waals surface area contributed by atoms with E-state index < -0.39 is 8.07 Å². The minimum absolute atomic E-state index is 0.187. The van der Waals surface area contributed by atoms with Gasteiger partial charge in [0.2, 0.25) is 0 Å². The molecule has 5 aromatic rings. The molecule has 5 rings (SSSR count). The first-order valence-corrected chi connectivity index (χ1v) is 14.8. The standard InChI is InChI=1S/C27H24FNSSi/c1-17-16-29-26(27-22(17)15-24(30-27)21-11-7-8-12-23(21)28)19-13-18-9-5-6-10-20(18)25(14-19)31(2,3)4/h5-16H,1-4H3. The summed E-state index contributed by atoms with van der Waals surface area (Å²) in [6.07, 6.45) is 1.94. The van der Waals surface area contributed by atoms with E-state index >= 15 is 0 Å². The van der Waals surface area contributed by atoms with Crippen molar-refractivity contribution in [2.75, 3.05) is 0 Å². The Bertz CT molecular complexity index is 1450. The van der Waals surface area contributed by atoms with Gasteiger partial charge in [-0.1, -0.05) is 73.4 Å². The molecule has 4 heteroatoms. The van der Waals surface area contributed by atoms with E-state index in [1.165, 1.54) is 22.0 Å². The summed E-state index contributed by atoms with van der Waals surface area (Å²) < 4.78 is 15.6. The lowest BCUT2D eigenvalue weighted by atomic mass is 10.0. The van der Waals surface area contributed by atoms with Crippen molar-refractivity contribution >= 4 is 45.5 Å². The van der Waals surface area contributed by atoms with E-state index in [0.717, 1.165) is 31.8 Å². The van der Waals surface area contributed by atoms with E-state index in [2.05, 4.69) is 69.0 Å². The van der Waals surface area contributed by atoms with Gasteiger partial charge in [-0.3, -0.25) is 4.98 Å². The largest absolute Gasteiger partial charge is 0.254 e. The molecule has 0 amide bonds. The van der Waals surface area contributed by atoms with E-state index in [1.54, 1.807) is 17.4 Å². The first-order valence-electron chi connectivity index (χ1n) is 10.5. The average molecular weight is 442 g/mol. The number of pyridine rings is 1. The van der Waals surface area contributed by atoms with Gasteiger partial charge in [-0.25, -0.2) is 4.39 Å². The third-order valence-corrected chi connectivity index (χ3v) is 9.05. The molecule has 154 valence electrons. The zero-order chi connectivity index (χ0) is 21.8. The maximum absolute atomic E-state index is 14.5. The molecule has 0 saturated carbocycles. The van der Waals surface area contributed by atoms with E-state index in [-0.39, 0.29) is 5.82 Å². The highest BCUT2D eigenvalue weighted by atomic mass is 32.1. The lowest BCUT2D eigenvalue weighted by molar-refractivity contribution is 0.632. The van der Waals surface area contributed by atoms with Crippen LogP contribution in [0.25, 0.3) is 42.6 Å². The van der Waals surface area contributed by atoms with Gasteiger partial charge in [-0.15, -0.1) is 11.3 Å². The van der Waals surface area contributed by atoms with Gasteiger partial charge in [0.15, 0.2) is 0 Å². The number of benzene rings is 3. The summed E-state index contributed by atoms with van der Waals surface area (Å²) in [4.78, 5) is 5.81. The molecule has 0 N–H and O–H groups in total. The highest BCUT2D eigenvalue weighted by molar-refractivity contribution is 7.22. The van der Waals surface area contributed by atoms with Crippen LogP contribution in [-0.2, 0) is 0 Å². The number of halogens is 1. The maximum atomic E-state index is 14.5. The minimum atomic E-state index is -1.57. The topological polar surface area (TPSA) is 12.9 Å². The Morgan fingerprint density at radius 1 is 0.871 bits per heavy atom.